The lowest BCUT2D eigenvalue weighted by Gasteiger charge is -2.27. The molecular formula is C20H25N5O. The second-order valence-corrected chi connectivity index (χ2v) is 6.62. The van der Waals surface area contributed by atoms with Gasteiger partial charge in [0, 0.05) is 19.4 Å². The summed E-state index contributed by atoms with van der Waals surface area (Å²) in [7, 11) is 1.81. The molecule has 2 N–H and O–H groups in total. The number of rotatable bonds is 5. The predicted molar refractivity (Wildman–Crippen MR) is 103 cm³/mol. The number of nitrogens with zero attached hydrogens (tertiary/aromatic N) is 3. The lowest BCUT2D eigenvalue weighted by atomic mass is 10.1. The summed E-state index contributed by atoms with van der Waals surface area (Å²) in [5, 5.41) is 2.95. The first-order chi connectivity index (χ1) is 12.5. The summed E-state index contributed by atoms with van der Waals surface area (Å²) in [6, 6.07) is 7.90. The van der Waals surface area contributed by atoms with E-state index in [1.54, 1.807) is 11.1 Å². The first-order valence-corrected chi connectivity index (χ1v) is 8.86. The van der Waals surface area contributed by atoms with E-state index < -0.39 is 0 Å². The molecule has 2 heterocycles. The van der Waals surface area contributed by atoms with Gasteiger partial charge < -0.3 is 15.2 Å². The highest BCUT2D eigenvalue weighted by Gasteiger charge is 2.20. The van der Waals surface area contributed by atoms with Crippen molar-refractivity contribution in [1.29, 1.82) is 0 Å². The summed E-state index contributed by atoms with van der Waals surface area (Å²) in [5.74, 6) is 0.751. The molecule has 0 bridgehead atoms. The maximum Gasteiger partial charge on any atom is 0.318 e. The molecule has 1 atom stereocenters. The Morgan fingerprint density at radius 3 is 2.77 bits per heavy atom. The lowest BCUT2D eigenvalue weighted by Crippen LogP contribution is -2.39. The van der Waals surface area contributed by atoms with E-state index in [1.807, 2.05) is 25.4 Å². The molecule has 0 aliphatic rings. The highest BCUT2D eigenvalue weighted by Crippen LogP contribution is 2.22. The number of benzene rings is 1. The van der Waals surface area contributed by atoms with Crippen molar-refractivity contribution in [3.05, 3.63) is 59.2 Å². The summed E-state index contributed by atoms with van der Waals surface area (Å²) < 4.78 is 0. The van der Waals surface area contributed by atoms with Crippen LogP contribution in [0.15, 0.2) is 36.7 Å². The zero-order chi connectivity index (χ0) is 18.7. The van der Waals surface area contributed by atoms with Crippen molar-refractivity contribution in [3.8, 4) is 0 Å². The molecule has 0 aliphatic carbocycles. The Hall–Kier alpha value is -2.89. The molecule has 6 heteroatoms. The highest BCUT2D eigenvalue weighted by molar-refractivity contribution is 5.77. The van der Waals surface area contributed by atoms with E-state index in [1.165, 1.54) is 11.1 Å². The minimum absolute atomic E-state index is 0.00956. The van der Waals surface area contributed by atoms with E-state index in [0.29, 0.717) is 6.54 Å². The number of aromatic nitrogens is 3. The number of urea groups is 1. The number of hydrogen-bond acceptors (Lipinski definition) is 3. The monoisotopic (exact) mass is 351 g/mol. The van der Waals surface area contributed by atoms with Gasteiger partial charge >= 0.3 is 6.03 Å². The number of nitrogens with one attached hydrogen (secondary N) is 2. The molecule has 0 saturated heterocycles. The third-order valence-electron chi connectivity index (χ3n) is 4.80. The van der Waals surface area contributed by atoms with Crippen molar-refractivity contribution in [2.45, 2.75) is 39.8 Å². The number of carbonyl (C=O) groups excluding carboxylic acids is 1. The fourth-order valence-corrected chi connectivity index (χ4v) is 3.14. The van der Waals surface area contributed by atoms with Gasteiger partial charge in [-0.05, 0) is 55.2 Å². The smallest absolute Gasteiger partial charge is 0.318 e. The molecule has 0 radical (unpaired) electrons. The van der Waals surface area contributed by atoms with E-state index >= 15 is 0 Å². The molecule has 3 rings (SSSR count). The first kappa shape index (κ1) is 17.9. The number of pyridine rings is 1. The van der Waals surface area contributed by atoms with Crippen LogP contribution >= 0.6 is 0 Å². The maximum absolute atomic E-state index is 12.6. The van der Waals surface area contributed by atoms with Crippen molar-refractivity contribution in [1.82, 2.24) is 25.2 Å². The summed E-state index contributed by atoms with van der Waals surface area (Å²) in [4.78, 5) is 26.3. The Morgan fingerprint density at radius 2 is 2.08 bits per heavy atom. The molecule has 26 heavy (non-hydrogen) atoms. The first-order valence-electron chi connectivity index (χ1n) is 8.86. The van der Waals surface area contributed by atoms with Gasteiger partial charge in [-0.25, -0.2) is 9.78 Å². The maximum atomic E-state index is 12.6. The number of hydrogen-bond donors (Lipinski definition) is 2. The van der Waals surface area contributed by atoms with Gasteiger partial charge in [0.05, 0.1) is 23.6 Å². The Morgan fingerprint density at radius 1 is 1.31 bits per heavy atom. The van der Waals surface area contributed by atoms with Crippen LogP contribution in [0.5, 0.6) is 0 Å². The van der Waals surface area contributed by atoms with Crippen LogP contribution in [-0.4, -0.2) is 32.9 Å². The summed E-state index contributed by atoms with van der Waals surface area (Å²) in [6.45, 7) is 6.57. The van der Waals surface area contributed by atoms with Crippen LogP contribution in [-0.2, 0) is 6.54 Å². The molecule has 0 aliphatic heterocycles. The second-order valence-electron chi connectivity index (χ2n) is 6.62. The number of aromatic amines is 1. The third kappa shape index (κ3) is 3.69. The van der Waals surface area contributed by atoms with Crippen molar-refractivity contribution >= 4 is 17.1 Å². The highest BCUT2D eigenvalue weighted by atomic mass is 16.2. The van der Waals surface area contributed by atoms with Crippen LogP contribution < -0.4 is 5.32 Å². The van der Waals surface area contributed by atoms with E-state index in [4.69, 9.17) is 0 Å². The van der Waals surface area contributed by atoms with Gasteiger partial charge in [-0.2, -0.15) is 0 Å². The predicted octanol–water partition coefficient (Wildman–Crippen LogP) is 3.87. The molecule has 0 unspecified atom stereocenters. The van der Waals surface area contributed by atoms with Gasteiger partial charge in [0.15, 0.2) is 0 Å². The van der Waals surface area contributed by atoms with Gasteiger partial charge in [-0.1, -0.05) is 13.0 Å². The van der Waals surface area contributed by atoms with Crippen LogP contribution in [0.1, 0.15) is 41.9 Å². The zero-order valence-electron chi connectivity index (χ0n) is 15.7. The number of aryl methyl sites for hydroxylation is 2. The van der Waals surface area contributed by atoms with Crippen LogP contribution in [0, 0.1) is 13.8 Å². The van der Waals surface area contributed by atoms with Crippen LogP contribution in [0.4, 0.5) is 4.79 Å². The zero-order valence-corrected chi connectivity index (χ0v) is 15.7. The van der Waals surface area contributed by atoms with Gasteiger partial charge in [-0.3, -0.25) is 4.98 Å². The molecule has 6 nitrogen and oxygen atoms in total. The Kier molecular flexibility index (Phi) is 5.21. The van der Waals surface area contributed by atoms with Crippen molar-refractivity contribution < 1.29 is 4.79 Å². The van der Waals surface area contributed by atoms with Gasteiger partial charge in [0.25, 0.3) is 0 Å². The topological polar surface area (TPSA) is 73.9 Å². The van der Waals surface area contributed by atoms with E-state index in [9.17, 15) is 4.79 Å². The number of imidazole rings is 1. The standard InChI is InChI=1S/C20H25N5O/c1-5-18(15-7-6-8-21-11-15)25(4)20(26)22-12-19-23-16-9-13(2)14(3)10-17(16)24-19/h6-11,18H,5,12H2,1-4H3,(H,22,26)(H,23,24)/t18-/m1/s1. The molecule has 1 aromatic carbocycles. The number of amides is 2. The van der Waals surface area contributed by atoms with Crippen LogP contribution in [0.3, 0.4) is 0 Å². The molecule has 2 amide bonds. The summed E-state index contributed by atoms with van der Waals surface area (Å²) >= 11 is 0. The largest absolute Gasteiger partial charge is 0.340 e. The van der Waals surface area contributed by atoms with E-state index in [-0.39, 0.29) is 12.1 Å². The fourth-order valence-electron chi connectivity index (χ4n) is 3.14. The van der Waals surface area contributed by atoms with Crippen molar-refractivity contribution in [3.63, 3.8) is 0 Å². The third-order valence-corrected chi connectivity index (χ3v) is 4.80. The molecule has 0 fully saturated rings. The number of fused-ring (bicyclic) bond motifs is 1. The molecule has 2 aromatic heterocycles. The molecule has 136 valence electrons. The van der Waals surface area contributed by atoms with Crippen molar-refractivity contribution in [2.75, 3.05) is 7.05 Å². The summed E-state index contributed by atoms with van der Waals surface area (Å²) in [6.07, 6.45) is 4.36. The van der Waals surface area contributed by atoms with E-state index in [2.05, 4.69) is 53.2 Å². The average Bonchev–Trinajstić information content (AvgIpc) is 3.03. The minimum atomic E-state index is -0.131. The summed E-state index contributed by atoms with van der Waals surface area (Å²) in [5.41, 5.74) is 5.38. The molecule has 0 spiro atoms. The Balaban J connectivity index is 1.68. The lowest BCUT2D eigenvalue weighted by molar-refractivity contribution is 0.188. The Bertz CT molecular complexity index is 864. The molecular weight excluding hydrogens is 326 g/mol. The van der Waals surface area contributed by atoms with Gasteiger partial charge in [0.1, 0.15) is 5.82 Å². The fraction of sp³-hybridized carbons (Fsp3) is 0.350. The number of H-pyrrole nitrogens is 1. The minimum Gasteiger partial charge on any atom is -0.340 e. The molecule has 0 saturated carbocycles. The van der Waals surface area contributed by atoms with Crippen LogP contribution in [0.2, 0.25) is 0 Å². The molecule has 3 aromatic rings. The van der Waals surface area contributed by atoms with Gasteiger partial charge in [-0.15, -0.1) is 0 Å². The second kappa shape index (κ2) is 7.56. The SMILES string of the molecule is CC[C@H](c1cccnc1)N(C)C(=O)NCc1nc2cc(C)c(C)cc2[nH]1. The quantitative estimate of drug-likeness (QED) is 0.733. The average molecular weight is 351 g/mol. The van der Waals surface area contributed by atoms with Gasteiger partial charge in [0.2, 0.25) is 0 Å². The van der Waals surface area contributed by atoms with Crippen molar-refractivity contribution in [2.24, 2.45) is 0 Å². The number of carbonyl (C=O) groups is 1. The Labute approximate surface area is 153 Å². The normalized spacial score (nSPS) is 12.2. The van der Waals surface area contributed by atoms with Crippen LogP contribution in [0.25, 0.3) is 11.0 Å². The van der Waals surface area contributed by atoms with E-state index in [0.717, 1.165) is 28.8 Å².